The molecule has 2 aliphatic heterocycles. The third-order valence-corrected chi connectivity index (χ3v) is 6.42. The molecule has 0 aliphatic carbocycles. The van der Waals surface area contributed by atoms with Crippen LogP contribution in [-0.4, -0.2) is 64.9 Å². The average Bonchev–Trinajstić information content (AvgIpc) is 3.06. The molecule has 2 fully saturated rings. The summed E-state index contributed by atoms with van der Waals surface area (Å²) in [6.07, 6.45) is 4.58. The van der Waals surface area contributed by atoms with Gasteiger partial charge in [0.15, 0.2) is 0 Å². The van der Waals surface area contributed by atoms with E-state index in [1.54, 1.807) is 0 Å². The molecule has 2 saturated heterocycles. The lowest BCUT2D eigenvalue weighted by atomic mass is 9.99. The largest absolute Gasteiger partial charge is 0.381 e. The van der Waals surface area contributed by atoms with E-state index >= 15 is 0 Å². The Labute approximate surface area is 151 Å². The Bertz CT molecular complexity index is 790. The van der Waals surface area contributed by atoms with Crippen LogP contribution in [0.25, 0.3) is 4.96 Å². The van der Waals surface area contributed by atoms with Crippen LogP contribution in [0.15, 0.2) is 10.9 Å². The van der Waals surface area contributed by atoms with Crippen LogP contribution in [0.4, 0.5) is 5.13 Å². The molecule has 4 rings (SSSR count). The van der Waals surface area contributed by atoms with Crippen molar-refractivity contribution < 1.29 is 4.74 Å². The highest BCUT2D eigenvalue weighted by Crippen LogP contribution is 2.27. The maximum atomic E-state index is 12.1. The monoisotopic (exact) mass is 363 g/mol. The maximum absolute atomic E-state index is 12.1. The number of ether oxygens (including phenoxy) is 1. The number of likely N-dealkylation sites (tertiary alicyclic amines) is 1. The fourth-order valence-electron chi connectivity index (χ4n) is 3.90. The molecule has 2 aliphatic rings. The SMILES string of the molecule is Cc1cc(=O)n2nc(N(C)C3CCN(C4CCOCC4)CC3)sc2n1. The molecule has 0 bridgehead atoms. The molecule has 0 N–H and O–H groups in total. The van der Waals surface area contributed by atoms with Crippen molar-refractivity contribution >= 4 is 21.4 Å². The minimum absolute atomic E-state index is 0.104. The van der Waals surface area contributed by atoms with Gasteiger partial charge in [0.2, 0.25) is 10.1 Å². The number of aryl methyl sites for hydroxylation is 1. The van der Waals surface area contributed by atoms with Crippen LogP contribution in [0.2, 0.25) is 0 Å². The van der Waals surface area contributed by atoms with Crippen LogP contribution in [0.3, 0.4) is 0 Å². The van der Waals surface area contributed by atoms with Crippen molar-refractivity contribution in [3.8, 4) is 0 Å². The normalized spacial score (nSPS) is 21.0. The van der Waals surface area contributed by atoms with Crippen molar-refractivity contribution in [1.29, 1.82) is 0 Å². The van der Waals surface area contributed by atoms with E-state index in [4.69, 9.17) is 4.74 Å². The molecule has 0 amide bonds. The molecule has 2 aromatic heterocycles. The first-order valence-corrected chi connectivity index (χ1v) is 9.85. The number of hydrogen-bond donors (Lipinski definition) is 0. The maximum Gasteiger partial charge on any atom is 0.275 e. The number of aromatic nitrogens is 3. The van der Waals surface area contributed by atoms with E-state index in [-0.39, 0.29) is 5.56 Å². The summed E-state index contributed by atoms with van der Waals surface area (Å²) in [5, 5.41) is 5.37. The van der Waals surface area contributed by atoms with Crippen molar-refractivity contribution in [3.63, 3.8) is 0 Å². The summed E-state index contributed by atoms with van der Waals surface area (Å²) in [4.78, 5) is 22.0. The first-order valence-electron chi connectivity index (χ1n) is 9.04. The fraction of sp³-hybridized carbons (Fsp3) is 0.706. The Morgan fingerprint density at radius 1 is 1.24 bits per heavy atom. The number of rotatable bonds is 3. The van der Waals surface area contributed by atoms with Crippen LogP contribution in [0.5, 0.6) is 0 Å². The zero-order chi connectivity index (χ0) is 17.4. The molecule has 136 valence electrons. The molecule has 0 atom stereocenters. The van der Waals surface area contributed by atoms with E-state index in [0.29, 0.717) is 17.0 Å². The summed E-state index contributed by atoms with van der Waals surface area (Å²) in [5.74, 6) is 0. The molecule has 0 spiro atoms. The smallest absolute Gasteiger partial charge is 0.275 e. The van der Waals surface area contributed by atoms with Gasteiger partial charge in [-0.2, -0.15) is 4.52 Å². The Morgan fingerprint density at radius 3 is 2.68 bits per heavy atom. The van der Waals surface area contributed by atoms with Crippen molar-refractivity contribution in [1.82, 2.24) is 19.5 Å². The summed E-state index contributed by atoms with van der Waals surface area (Å²) in [6, 6.07) is 2.68. The zero-order valence-electron chi connectivity index (χ0n) is 14.8. The molecule has 2 aromatic rings. The molecule has 25 heavy (non-hydrogen) atoms. The predicted octanol–water partition coefficient (Wildman–Crippen LogP) is 1.54. The first kappa shape index (κ1) is 16.9. The Kier molecular flexibility index (Phi) is 4.75. The number of hydrogen-bond acceptors (Lipinski definition) is 7. The van der Waals surface area contributed by atoms with Crippen LogP contribution in [0, 0.1) is 6.92 Å². The molecular weight excluding hydrogens is 338 g/mol. The molecule has 8 heteroatoms. The van der Waals surface area contributed by atoms with Gasteiger partial charge in [0.1, 0.15) is 0 Å². The highest BCUT2D eigenvalue weighted by atomic mass is 32.1. The van der Waals surface area contributed by atoms with E-state index < -0.39 is 0 Å². The van der Waals surface area contributed by atoms with E-state index in [9.17, 15) is 4.79 Å². The van der Waals surface area contributed by atoms with Crippen LogP contribution >= 0.6 is 11.3 Å². The van der Waals surface area contributed by atoms with Crippen LogP contribution in [-0.2, 0) is 4.74 Å². The Balaban J connectivity index is 1.44. The van der Waals surface area contributed by atoms with Crippen LogP contribution < -0.4 is 10.5 Å². The number of piperidine rings is 1. The summed E-state index contributed by atoms with van der Waals surface area (Å²) in [5.41, 5.74) is 0.639. The third kappa shape index (κ3) is 3.43. The number of fused-ring (bicyclic) bond motifs is 1. The summed E-state index contributed by atoms with van der Waals surface area (Å²) < 4.78 is 6.90. The standard InChI is InChI=1S/C17H25N5O2S/c1-12-11-15(23)22-16(18-12)25-17(19-22)20(2)13-3-7-21(8-4-13)14-5-9-24-10-6-14/h11,13-14H,3-10H2,1-2H3. The minimum Gasteiger partial charge on any atom is -0.381 e. The Morgan fingerprint density at radius 2 is 1.96 bits per heavy atom. The molecule has 0 radical (unpaired) electrons. The minimum atomic E-state index is -0.104. The highest BCUT2D eigenvalue weighted by Gasteiger charge is 2.29. The van der Waals surface area contributed by atoms with Gasteiger partial charge < -0.3 is 14.5 Å². The summed E-state index contributed by atoms with van der Waals surface area (Å²) >= 11 is 1.49. The van der Waals surface area contributed by atoms with Gasteiger partial charge in [0, 0.05) is 57.2 Å². The second-order valence-electron chi connectivity index (χ2n) is 7.04. The fourth-order valence-corrected chi connectivity index (χ4v) is 4.88. The Hall–Kier alpha value is -1.51. The lowest BCUT2D eigenvalue weighted by Crippen LogP contribution is -2.48. The second-order valence-corrected chi connectivity index (χ2v) is 7.97. The van der Waals surface area contributed by atoms with E-state index in [1.807, 2.05) is 6.92 Å². The van der Waals surface area contributed by atoms with Crippen molar-refractivity contribution in [2.45, 2.75) is 44.7 Å². The second kappa shape index (κ2) is 7.01. The number of nitrogens with zero attached hydrogens (tertiary/aromatic N) is 5. The van der Waals surface area contributed by atoms with Gasteiger partial charge in [-0.25, -0.2) is 4.98 Å². The van der Waals surface area contributed by atoms with Gasteiger partial charge in [0.25, 0.3) is 5.56 Å². The summed E-state index contributed by atoms with van der Waals surface area (Å²) in [6.45, 7) is 5.90. The van der Waals surface area contributed by atoms with Gasteiger partial charge in [-0.05, 0) is 32.6 Å². The van der Waals surface area contributed by atoms with Crippen molar-refractivity contribution in [2.24, 2.45) is 0 Å². The number of anilines is 1. The summed E-state index contributed by atoms with van der Waals surface area (Å²) in [7, 11) is 2.09. The van der Waals surface area contributed by atoms with Gasteiger partial charge in [-0.15, -0.1) is 5.10 Å². The van der Waals surface area contributed by atoms with Crippen molar-refractivity contribution in [2.75, 3.05) is 38.3 Å². The van der Waals surface area contributed by atoms with E-state index in [0.717, 1.165) is 62.8 Å². The van der Waals surface area contributed by atoms with Gasteiger partial charge in [-0.1, -0.05) is 11.3 Å². The third-order valence-electron chi connectivity index (χ3n) is 5.42. The van der Waals surface area contributed by atoms with Gasteiger partial charge >= 0.3 is 0 Å². The van der Waals surface area contributed by atoms with Crippen LogP contribution in [0.1, 0.15) is 31.4 Å². The van der Waals surface area contributed by atoms with E-state index in [2.05, 4.69) is 26.9 Å². The molecule has 0 saturated carbocycles. The van der Waals surface area contributed by atoms with Gasteiger partial charge in [-0.3, -0.25) is 4.79 Å². The highest BCUT2D eigenvalue weighted by molar-refractivity contribution is 7.20. The predicted molar refractivity (Wildman–Crippen MR) is 98.7 cm³/mol. The zero-order valence-corrected chi connectivity index (χ0v) is 15.7. The van der Waals surface area contributed by atoms with Gasteiger partial charge in [0.05, 0.1) is 0 Å². The average molecular weight is 363 g/mol. The topological polar surface area (TPSA) is 63.0 Å². The molecule has 7 nitrogen and oxygen atoms in total. The molecule has 0 unspecified atom stereocenters. The molecule has 0 aromatic carbocycles. The quantitative estimate of drug-likeness (QED) is 0.824. The molecule has 4 heterocycles. The molecular formula is C17H25N5O2S. The lowest BCUT2D eigenvalue weighted by molar-refractivity contribution is 0.0253. The first-order chi connectivity index (χ1) is 12.1. The van der Waals surface area contributed by atoms with Crippen molar-refractivity contribution in [3.05, 3.63) is 22.1 Å². The lowest BCUT2D eigenvalue weighted by Gasteiger charge is -2.41. The van der Waals surface area contributed by atoms with E-state index in [1.165, 1.54) is 21.9 Å².